The molecule has 0 saturated carbocycles. The number of aliphatic hydroxyl groups is 2. The van der Waals surface area contributed by atoms with Crippen LogP contribution in [0.4, 0.5) is 0 Å². The van der Waals surface area contributed by atoms with Crippen LogP contribution >= 0.6 is 0 Å². The fourth-order valence-electron chi connectivity index (χ4n) is 0.800. The Kier molecular flexibility index (Phi) is 5.16. The Morgan fingerprint density at radius 1 is 1.55 bits per heavy atom. The van der Waals surface area contributed by atoms with Crippen LogP contribution in [0.15, 0.2) is 12.2 Å². The van der Waals surface area contributed by atoms with E-state index in [1.807, 2.05) is 13.8 Å². The lowest BCUT2D eigenvalue weighted by molar-refractivity contribution is 0.0709. The monoisotopic (exact) mass is 158 g/mol. The highest BCUT2D eigenvalue weighted by Gasteiger charge is 2.11. The fourth-order valence-corrected chi connectivity index (χ4v) is 0.800. The van der Waals surface area contributed by atoms with Gasteiger partial charge in [0.15, 0.2) is 0 Å². The minimum absolute atomic E-state index is 0.0191. The number of aliphatic hydroxyl groups excluding tert-OH is 2. The van der Waals surface area contributed by atoms with Gasteiger partial charge in [-0.3, -0.25) is 0 Å². The topological polar surface area (TPSA) is 40.5 Å². The number of allylic oxidation sites excluding steroid dienone is 1. The Balaban J connectivity index is 3.51. The molecule has 0 radical (unpaired) electrons. The van der Waals surface area contributed by atoms with E-state index in [0.29, 0.717) is 6.42 Å². The maximum Gasteiger partial charge on any atom is 0.0590 e. The first-order valence-electron chi connectivity index (χ1n) is 4.01. The highest BCUT2D eigenvalue weighted by atomic mass is 16.3. The summed E-state index contributed by atoms with van der Waals surface area (Å²) in [7, 11) is 0. The van der Waals surface area contributed by atoms with Crippen LogP contribution in [-0.4, -0.2) is 22.9 Å². The lowest BCUT2D eigenvalue weighted by Gasteiger charge is -2.15. The molecule has 0 fully saturated rings. The van der Waals surface area contributed by atoms with Gasteiger partial charge in [0.05, 0.1) is 6.10 Å². The van der Waals surface area contributed by atoms with Crippen LogP contribution in [0, 0.1) is 5.92 Å². The van der Waals surface area contributed by atoms with Crippen molar-refractivity contribution in [1.82, 2.24) is 0 Å². The van der Waals surface area contributed by atoms with E-state index in [4.69, 9.17) is 5.11 Å². The van der Waals surface area contributed by atoms with E-state index in [-0.39, 0.29) is 12.5 Å². The number of hydrogen-bond acceptors (Lipinski definition) is 2. The van der Waals surface area contributed by atoms with E-state index in [9.17, 15) is 5.11 Å². The lowest BCUT2D eigenvalue weighted by atomic mass is 10.00. The van der Waals surface area contributed by atoms with Crippen molar-refractivity contribution in [2.75, 3.05) is 6.61 Å². The van der Waals surface area contributed by atoms with Gasteiger partial charge in [0.25, 0.3) is 0 Å². The minimum Gasteiger partial charge on any atom is -0.396 e. The van der Waals surface area contributed by atoms with Gasteiger partial charge in [-0.25, -0.2) is 0 Å². The molecule has 2 nitrogen and oxygen atoms in total. The maximum atomic E-state index is 9.37. The Bertz CT molecular complexity index is 121. The van der Waals surface area contributed by atoms with Gasteiger partial charge < -0.3 is 10.2 Å². The summed E-state index contributed by atoms with van der Waals surface area (Å²) in [5.74, 6) is -0.0191. The predicted molar refractivity (Wildman–Crippen MR) is 46.3 cm³/mol. The zero-order valence-corrected chi connectivity index (χ0v) is 7.38. The summed E-state index contributed by atoms with van der Waals surface area (Å²) in [4.78, 5) is 0. The van der Waals surface area contributed by atoms with Crippen LogP contribution in [0.25, 0.3) is 0 Å². The van der Waals surface area contributed by atoms with Crippen molar-refractivity contribution in [3.05, 3.63) is 12.2 Å². The summed E-state index contributed by atoms with van der Waals surface area (Å²) in [5.41, 5.74) is 1.08. The van der Waals surface area contributed by atoms with Gasteiger partial charge in [-0.15, -0.1) is 6.58 Å². The predicted octanol–water partition coefficient (Wildman–Crippen LogP) is 1.33. The highest BCUT2D eigenvalue weighted by Crippen LogP contribution is 2.11. The molecule has 0 rings (SSSR count). The van der Waals surface area contributed by atoms with Crippen LogP contribution in [0.1, 0.15) is 26.7 Å². The van der Waals surface area contributed by atoms with E-state index in [1.54, 1.807) is 0 Å². The average molecular weight is 158 g/mol. The van der Waals surface area contributed by atoms with Crippen molar-refractivity contribution in [1.29, 1.82) is 0 Å². The number of hydrogen-bond donors (Lipinski definition) is 2. The normalized spacial score (nSPS) is 16.0. The Morgan fingerprint density at radius 2 is 2.09 bits per heavy atom. The molecule has 0 bridgehead atoms. The third-order valence-corrected chi connectivity index (χ3v) is 1.81. The molecule has 2 N–H and O–H groups in total. The molecule has 2 atom stereocenters. The molecule has 0 aromatic heterocycles. The van der Waals surface area contributed by atoms with Crippen LogP contribution in [-0.2, 0) is 0 Å². The molecule has 0 aliphatic rings. The van der Waals surface area contributed by atoms with E-state index in [1.165, 1.54) is 0 Å². The van der Waals surface area contributed by atoms with E-state index >= 15 is 0 Å². The third kappa shape index (κ3) is 4.99. The quantitative estimate of drug-likeness (QED) is 0.593. The molecule has 0 heterocycles. The molecule has 66 valence electrons. The van der Waals surface area contributed by atoms with Gasteiger partial charge >= 0.3 is 0 Å². The molecule has 0 aliphatic heterocycles. The first-order valence-corrected chi connectivity index (χ1v) is 4.01. The zero-order chi connectivity index (χ0) is 8.85. The van der Waals surface area contributed by atoms with Crippen molar-refractivity contribution in [2.45, 2.75) is 32.8 Å². The van der Waals surface area contributed by atoms with E-state index in [0.717, 1.165) is 12.0 Å². The summed E-state index contributed by atoms with van der Waals surface area (Å²) < 4.78 is 0. The molecule has 0 unspecified atom stereocenters. The second-order valence-corrected chi connectivity index (χ2v) is 3.22. The van der Waals surface area contributed by atoms with Crippen LogP contribution in [0.5, 0.6) is 0 Å². The Hall–Kier alpha value is -0.340. The highest BCUT2D eigenvalue weighted by molar-refractivity contribution is 4.88. The van der Waals surface area contributed by atoms with Gasteiger partial charge in [-0.05, 0) is 19.8 Å². The van der Waals surface area contributed by atoms with Gasteiger partial charge in [0, 0.05) is 12.5 Å². The van der Waals surface area contributed by atoms with Gasteiger partial charge in [0.1, 0.15) is 0 Å². The Labute approximate surface area is 68.6 Å². The van der Waals surface area contributed by atoms with Crippen LogP contribution in [0.2, 0.25) is 0 Å². The minimum atomic E-state index is -0.392. The van der Waals surface area contributed by atoms with Crippen molar-refractivity contribution in [3.8, 4) is 0 Å². The standard InChI is InChI=1S/C9H18O2/c1-7(2)4-5-9(11)8(3)6-10/h8-11H,1,4-6H2,2-3H3/t8-,9+/m0/s1. The molecule has 0 aromatic carbocycles. The molecule has 2 heteroatoms. The van der Waals surface area contributed by atoms with Gasteiger partial charge in [-0.1, -0.05) is 12.5 Å². The van der Waals surface area contributed by atoms with Crippen LogP contribution < -0.4 is 0 Å². The zero-order valence-electron chi connectivity index (χ0n) is 7.38. The lowest BCUT2D eigenvalue weighted by Crippen LogP contribution is -2.20. The first-order chi connectivity index (χ1) is 5.07. The second kappa shape index (κ2) is 5.33. The third-order valence-electron chi connectivity index (χ3n) is 1.81. The van der Waals surface area contributed by atoms with E-state index < -0.39 is 6.10 Å². The SMILES string of the molecule is C=C(C)CC[C@@H](O)[C@@H](C)CO. The summed E-state index contributed by atoms with van der Waals surface area (Å²) in [5, 5.41) is 18.1. The molecule has 0 amide bonds. The number of rotatable bonds is 5. The Morgan fingerprint density at radius 3 is 2.45 bits per heavy atom. The molecule has 11 heavy (non-hydrogen) atoms. The largest absolute Gasteiger partial charge is 0.396 e. The molecule has 0 aliphatic carbocycles. The molecular weight excluding hydrogens is 140 g/mol. The van der Waals surface area contributed by atoms with Crippen molar-refractivity contribution >= 4 is 0 Å². The summed E-state index contributed by atoms with van der Waals surface area (Å²) in [6.45, 7) is 7.57. The van der Waals surface area contributed by atoms with Crippen molar-refractivity contribution in [2.24, 2.45) is 5.92 Å². The fraction of sp³-hybridized carbons (Fsp3) is 0.778. The van der Waals surface area contributed by atoms with Crippen molar-refractivity contribution in [3.63, 3.8) is 0 Å². The smallest absolute Gasteiger partial charge is 0.0590 e. The average Bonchev–Trinajstić information content (AvgIpc) is 1.98. The van der Waals surface area contributed by atoms with Crippen LogP contribution in [0.3, 0.4) is 0 Å². The maximum absolute atomic E-state index is 9.37. The van der Waals surface area contributed by atoms with Gasteiger partial charge in [0.2, 0.25) is 0 Å². The van der Waals surface area contributed by atoms with E-state index in [2.05, 4.69) is 6.58 Å². The van der Waals surface area contributed by atoms with Gasteiger partial charge in [-0.2, -0.15) is 0 Å². The molecule has 0 spiro atoms. The molecule has 0 saturated heterocycles. The first kappa shape index (κ1) is 10.7. The van der Waals surface area contributed by atoms with Crippen molar-refractivity contribution < 1.29 is 10.2 Å². The molecular formula is C9H18O2. The summed E-state index contributed by atoms with van der Waals surface area (Å²) >= 11 is 0. The summed E-state index contributed by atoms with van der Waals surface area (Å²) in [6, 6.07) is 0. The molecule has 0 aromatic rings. The second-order valence-electron chi connectivity index (χ2n) is 3.22. The summed E-state index contributed by atoms with van der Waals surface area (Å²) in [6.07, 6.45) is 1.15.